The van der Waals surface area contributed by atoms with E-state index in [1.54, 1.807) is 11.3 Å². The van der Waals surface area contributed by atoms with E-state index in [4.69, 9.17) is 10.7 Å². The number of hydrogen-bond acceptors (Lipinski definition) is 6. The number of Topliss-reactive ketones (excluding diaryl/α,β-unsaturated/α-hetero) is 1. The normalized spacial score (nSPS) is 16.5. The molecule has 146 valence electrons. The van der Waals surface area contributed by atoms with Gasteiger partial charge in [-0.25, -0.2) is 9.97 Å². The van der Waals surface area contributed by atoms with Gasteiger partial charge in [-0.2, -0.15) is 0 Å². The summed E-state index contributed by atoms with van der Waals surface area (Å²) in [5.41, 5.74) is 10.7. The third kappa shape index (κ3) is 3.05. The van der Waals surface area contributed by atoms with Gasteiger partial charge in [0.25, 0.3) is 0 Å². The van der Waals surface area contributed by atoms with Gasteiger partial charge in [0.05, 0.1) is 11.1 Å². The standard InChI is InChI=1S/C21H24N4OS2/c1-11-9-15(12(2)25(11)13-7-8-13)16(26)10-27-21-23-19(22)18-14-5-3-4-6-17(14)28-20(18)24-21/h9,13H,3-8,10H2,1-2H3,(H2,22,23,24). The molecule has 0 aromatic carbocycles. The lowest BCUT2D eigenvalue weighted by Gasteiger charge is -2.10. The summed E-state index contributed by atoms with van der Waals surface area (Å²) < 4.78 is 2.31. The molecule has 3 aromatic rings. The maximum Gasteiger partial charge on any atom is 0.191 e. The number of thioether (sulfide) groups is 1. The molecule has 0 spiro atoms. The third-order valence-corrected chi connectivity index (χ3v) is 7.88. The first kappa shape index (κ1) is 18.2. The van der Waals surface area contributed by atoms with E-state index < -0.39 is 0 Å². The van der Waals surface area contributed by atoms with Crippen molar-refractivity contribution in [1.82, 2.24) is 14.5 Å². The summed E-state index contributed by atoms with van der Waals surface area (Å²) in [6.07, 6.45) is 7.08. The van der Waals surface area contributed by atoms with E-state index in [9.17, 15) is 4.79 Å². The molecule has 5 nitrogen and oxygen atoms in total. The lowest BCUT2D eigenvalue weighted by Crippen LogP contribution is -2.06. The molecule has 1 fully saturated rings. The van der Waals surface area contributed by atoms with Crippen molar-refractivity contribution in [3.05, 3.63) is 33.5 Å². The van der Waals surface area contributed by atoms with E-state index in [2.05, 4.69) is 23.4 Å². The highest BCUT2D eigenvalue weighted by atomic mass is 32.2. The van der Waals surface area contributed by atoms with Crippen molar-refractivity contribution < 1.29 is 4.79 Å². The molecule has 2 aliphatic carbocycles. The Morgan fingerprint density at radius 2 is 2.07 bits per heavy atom. The average Bonchev–Trinajstić information content (AvgIpc) is 3.35. The van der Waals surface area contributed by atoms with Crippen LogP contribution in [0, 0.1) is 13.8 Å². The molecule has 0 bridgehead atoms. The van der Waals surface area contributed by atoms with E-state index in [-0.39, 0.29) is 5.78 Å². The largest absolute Gasteiger partial charge is 0.383 e. The fraction of sp³-hybridized carbons (Fsp3) is 0.476. The van der Waals surface area contributed by atoms with Crippen LogP contribution in [-0.4, -0.2) is 26.1 Å². The highest BCUT2D eigenvalue weighted by Crippen LogP contribution is 2.40. The second-order valence-electron chi connectivity index (χ2n) is 7.88. The van der Waals surface area contributed by atoms with Gasteiger partial charge in [0, 0.05) is 27.9 Å². The predicted octanol–water partition coefficient (Wildman–Crippen LogP) is 4.88. The number of anilines is 1. The minimum absolute atomic E-state index is 0.137. The summed E-state index contributed by atoms with van der Waals surface area (Å²) in [7, 11) is 0. The first-order chi connectivity index (χ1) is 13.5. The predicted molar refractivity (Wildman–Crippen MR) is 116 cm³/mol. The minimum Gasteiger partial charge on any atom is -0.383 e. The monoisotopic (exact) mass is 412 g/mol. The van der Waals surface area contributed by atoms with Gasteiger partial charge in [-0.15, -0.1) is 11.3 Å². The van der Waals surface area contributed by atoms with Crippen LogP contribution in [0.4, 0.5) is 5.82 Å². The molecule has 3 heterocycles. The zero-order valence-corrected chi connectivity index (χ0v) is 17.9. The SMILES string of the molecule is Cc1cc(C(=O)CSc2nc(N)c3c4c(sc3n2)CCCC4)c(C)n1C1CC1. The van der Waals surface area contributed by atoms with Gasteiger partial charge >= 0.3 is 0 Å². The van der Waals surface area contributed by atoms with Crippen LogP contribution in [0.3, 0.4) is 0 Å². The zero-order chi connectivity index (χ0) is 19.4. The number of nitrogens with zero attached hydrogens (tertiary/aromatic N) is 3. The number of aromatic nitrogens is 3. The average molecular weight is 413 g/mol. The van der Waals surface area contributed by atoms with Gasteiger partial charge in [-0.1, -0.05) is 11.8 Å². The molecule has 0 saturated heterocycles. The number of thiophene rings is 1. The zero-order valence-electron chi connectivity index (χ0n) is 16.2. The number of hydrogen-bond donors (Lipinski definition) is 1. The second-order valence-corrected chi connectivity index (χ2v) is 9.91. The highest BCUT2D eigenvalue weighted by molar-refractivity contribution is 7.99. The second kappa shape index (κ2) is 6.88. The Labute approximate surface area is 172 Å². The molecule has 1 saturated carbocycles. The van der Waals surface area contributed by atoms with E-state index in [1.807, 2.05) is 6.07 Å². The maximum absolute atomic E-state index is 12.8. The van der Waals surface area contributed by atoms with Crippen LogP contribution >= 0.6 is 23.1 Å². The van der Waals surface area contributed by atoms with Crippen LogP contribution in [0.5, 0.6) is 0 Å². The van der Waals surface area contributed by atoms with Gasteiger partial charge in [0.2, 0.25) is 0 Å². The lowest BCUT2D eigenvalue weighted by atomic mass is 9.97. The summed E-state index contributed by atoms with van der Waals surface area (Å²) in [5, 5.41) is 1.65. The first-order valence-corrected chi connectivity index (χ1v) is 11.8. The number of nitrogen functional groups attached to an aromatic ring is 1. The fourth-order valence-electron chi connectivity index (χ4n) is 4.39. The summed E-state index contributed by atoms with van der Waals surface area (Å²) in [6, 6.07) is 2.62. The molecular formula is C21H24N4OS2. The van der Waals surface area contributed by atoms with Gasteiger partial charge < -0.3 is 10.3 Å². The van der Waals surface area contributed by atoms with Crippen molar-refractivity contribution in [2.75, 3.05) is 11.5 Å². The van der Waals surface area contributed by atoms with Gasteiger partial charge in [-0.05, 0) is 64.0 Å². The van der Waals surface area contributed by atoms with E-state index in [0.29, 0.717) is 22.8 Å². The molecule has 0 radical (unpaired) electrons. The number of rotatable bonds is 5. The molecule has 3 aromatic heterocycles. The van der Waals surface area contributed by atoms with Crippen LogP contribution in [0.2, 0.25) is 0 Å². The minimum atomic E-state index is 0.137. The van der Waals surface area contributed by atoms with Crippen LogP contribution in [0.15, 0.2) is 11.2 Å². The Bertz CT molecular complexity index is 1090. The van der Waals surface area contributed by atoms with Crippen molar-refractivity contribution in [1.29, 1.82) is 0 Å². The number of carbonyl (C=O) groups is 1. The molecular weight excluding hydrogens is 388 g/mol. The summed E-state index contributed by atoms with van der Waals surface area (Å²) in [6.45, 7) is 4.14. The Morgan fingerprint density at radius 3 is 2.86 bits per heavy atom. The van der Waals surface area contributed by atoms with Crippen molar-refractivity contribution in [2.24, 2.45) is 0 Å². The van der Waals surface area contributed by atoms with Gasteiger partial charge in [0.15, 0.2) is 10.9 Å². The lowest BCUT2D eigenvalue weighted by molar-refractivity contribution is 0.102. The first-order valence-electron chi connectivity index (χ1n) is 9.95. The molecule has 7 heteroatoms. The molecule has 2 aliphatic rings. The van der Waals surface area contributed by atoms with Crippen LogP contribution < -0.4 is 5.73 Å². The smallest absolute Gasteiger partial charge is 0.191 e. The number of nitrogens with two attached hydrogens (primary N) is 1. The van der Waals surface area contributed by atoms with E-state index in [1.165, 1.54) is 53.6 Å². The van der Waals surface area contributed by atoms with Crippen molar-refractivity contribution in [3.63, 3.8) is 0 Å². The third-order valence-electron chi connectivity index (χ3n) is 5.85. The maximum atomic E-state index is 12.8. The van der Waals surface area contributed by atoms with E-state index >= 15 is 0 Å². The molecule has 0 amide bonds. The highest BCUT2D eigenvalue weighted by Gasteiger charge is 2.28. The van der Waals surface area contributed by atoms with Crippen LogP contribution in [0.25, 0.3) is 10.2 Å². The molecule has 0 aliphatic heterocycles. The molecule has 5 rings (SSSR count). The summed E-state index contributed by atoms with van der Waals surface area (Å²) >= 11 is 3.14. The number of carbonyl (C=O) groups excluding carboxylic acids is 1. The van der Waals surface area contributed by atoms with E-state index in [0.717, 1.165) is 34.3 Å². The summed E-state index contributed by atoms with van der Waals surface area (Å²) in [5.74, 6) is 1.04. The Kier molecular flexibility index (Phi) is 4.47. The van der Waals surface area contributed by atoms with Gasteiger partial charge in [0.1, 0.15) is 10.6 Å². The summed E-state index contributed by atoms with van der Waals surface area (Å²) in [4.78, 5) is 24.5. The van der Waals surface area contributed by atoms with Crippen molar-refractivity contribution in [2.45, 2.75) is 63.6 Å². The Hall–Kier alpha value is -1.86. The molecule has 28 heavy (non-hydrogen) atoms. The quantitative estimate of drug-likeness (QED) is 0.367. The topological polar surface area (TPSA) is 73.8 Å². The van der Waals surface area contributed by atoms with Crippen LogP contribution in [0.1, 0.15) is 63.9 Å². The Morgan fingerprint density at radius 1 is 1.29 bits per heavy atom. The number of ketones is 1. The molecule has 2 N–H and O–H groups in total. The fourth-order valence-corrected chi connectivity index (χ4v) is 6.45. The Balaban J connectivity index is 1.37. The van der Waals surface area contributed by atoms with Crippen LogP contribution in [-0.2, 0) is 12.8 Å². The number of aryl methyl sites for hydroxylation is 3. The van der Waals surface area contributed by atoms with Gasteiger partial charge in [-0.3, -0.25) is 4.79 Å². The molecule has 0 atom stereocenters. The van der Waals surface area contributed by atoms with Crippen molar-refractivity contribution in [3.8, 4) is 0 Å². The van der Waals surface area contributed by atoms with Crippen molar-refractivity contribution >= 4 is 44.9 Å². The molecule has 0 unspecified atom stereocenters. The number of fused-ring (bicyclic) bond motifs is 3.